The number of ether oxygens (including phenoxy) is 1. The van der Waals surface area contributed by atoms with E-state index >= 15 is 0 Å². The molecule has 1 aromatic heterocycles. The zero-order valence-electron chi connectivity index (χ0n) is 11.2. The summed E-state index contributed by atoms with van der Waals surface area (Å²) in [4.78, 5) is 4.35. The summed E-state index contributed by atoms with van der Waals surface area (Å²) in [7, 11) is 1.62. The molecule has 20 heavy (non-hydrogen) atoms. The first-order chi connectivity index (χ1) is 9.78. The fraction of sp³-hybridized carbons (Fsp3) is 0.118. The van der Waals surface area contributed by atoms with Gasteiger partial charge in [0.1, 0.15) is 11.5 Å². The van der Waals surface area contributed by atoms with E-state index < -0.39 is 0 Å². The fourth-order valence-corrected chi connectivity index (χ4v) is 2.34. The Bertz CT molecular complexity index is 748. The van der Waals surface area contributed by atoms with Gasteiger partial charge in [-0.05, 0) is 35.9 Å². The van der Waals surface area contributed by atoms with Gasteiger partial charge >= 0.3 is 0 Å². The quantitative estimate of drug-likeness (QED) is 0.787. The molecule has 100 valence electrons. The molecule has 2 aromatic carbocycles. The van der Waals surface area contributed by atoms with Crippen molar-refractivity contribution < 1.29 is 9.84 Å². The molecule has 0 atom stereocenters. The van der Waals surface area contributed by atoms with Gasteiger partial charge in [0, 0.05) is 23.6 Å². The lowest BCUT2D eigenvalue weighted by molar-refractivity contribution is 0.411. The van der Waals surface area contributed by atoms with E-state index in [1.165, 1.54) is 0 Å². The van der Waals surface area contributed by atoms with Crippen molar-refractivity contribution in [2.24, 2.45) is 0 Å². The lowest BCUT2D eigenvalue weighted by Crippen LogP contribution is -1.93. The van der Waals surface area contributed by atoms with Crippen LogP contribution in [-0.2, 0) is 6.42 Å². The Morgan fingerprint density at radius 1 is 1.05 bits per heavy atom. The number of fused-ring (bicyclic) bond motifs is 1. The topological polar surface area (TPSA) is 42.4 Å². The third-order valence-corrected chi connectivity index (χ3v) is 3.41. The number of para-hydroxylation sites is 1. The molecule has 0 amide bonds. The maximum Gasteiger partial charge on any atom is 0.119 e. The molecule has 3 heteroatoms. The molecule has 0 fully saturated rings. The number of hydrogen-bond acceptors (Lipinski definition) is 3. The number of aromatic hydroxyl groups is 1. The van der Waals surface area contributed by atoms with Crippen LogP contribution in [0.2, 0.25) is 0 Å². The lowest BCUT2D eigenvalue weighted by atomic mass is 10.0. The van der Waals surface area contributed by atoms with Gasteiger partial charge < -0.3 is 9.84 Å². The zero-order valence-corrected chi connectivity index (χ0v) is 11.2. The van der Waals surface area contributed by atoms with Gasteiger partial charge in [-0.1, -0.05) is 18.2 Å². The zero-order chi connectivity index (χ0) is 13.9. The monoisotopic (exact) mass is 265 g/mol. The molecule has 0 unspecified atom stereocenters. The van der Waals surface area contributed by atoms with Crippen molar-refractivity contribution in [2.75, 3.05) is 7.11 Å². The van der Waals surface area contributed by atoms with Crippen LogP contribution in [0.1, 0.15) is 11.1 Å². The average Bonchev–Trinajstić information content (AvgIpc) is 2.50. The molecule has 1 N–H and O–H groups in total. The maximum atomic E-state index is 9.99. The summed E-state index contributed by atoms with van der Waals surface area (Å²) in [5, 5.41) is 11.1. The van der Waals surface area contributed by atoms with Crippen molar-refractivity contribution in [3.63, 3.8) is 0 Å². The van der Waals surface area contributed by atoms with Crippen LogP contribution in [0.5, 0.6) is 11.5 Å². The van der Waals surface area contributed by atoms with Gasteiger partial charge in [-0.25, -0.2) is 0 Å². The van der Waals surface area contributed by atoms with E-state index in [-0.39, 0.29) is 5.75 Å². The van der Waals surface area contributed by atoms with E-state index in [2.05, 4.69) is 11.1 Å². The molecule has 0 spiro atoms. The van der Waals surface area contributed by atoms with Crippen LogP contribution in [0.25, 0.3) is 10.9 Å². The Hall–Kier alpha value is -2.55. The highest BCUT2D eigenvalue weighted by atomic mass is 16.5. The van der Waals surface area contributed by atoms with Crippen molar-refractivity contribution in [2.45, 2.75) is 6.42 Å². The second-order valence-electron chi connectivity index (χ2n) is 4.66. The van der Waals surface area contributed by atoms with Crippen molar-refractivity contribution in [1.82, 2.24) is 4.98 Å². The van der Waals surface area contributed by atoms with Gasteiger partial charge in [0.05, 0.1) is 12.6 Å². The van der Waals surface area contributed by atoms with Crippen molar-refractivity contribution >= 4 is 10.9 Å². The number of hydrogen-bond donors (Lipinski definition) is 1. The predicted octanol–water partition coefficient (Wildman–Crippen LogP) is 3.54. The maximum absolute atomic E-state index is 9.99. The summed E-state index contributed by atoms with van der Waals surface area (Å²) < 4.78 is 5.21. The predicted molar refractivity (Wildman–Crippen MR) is 79.2 cm³/mol. The molecule has 3 rings (SSSR count). The Balaban J connectivity index is 2.05. The van der Waals surface area contributed by atoms with Crippen molar-refractivity contribution in [1.29, 1.82) is 0 Å². The second kappa shape index (κ2) is 5.21. The van der Waals surface area contributed by atoms with E-state index in [0.717, 1.165) is 27.8 Å². The summed E-state index contributed by atoms with van der Waals surface area (Å²) in [6.45, 7) is 0. The summed E-state index contributed by atoms with van der Waals surface area (Å²) in [5.74, 6) is 1.03. The number of aromatic nitrogens is 1. The van der Waals surface area contributed by atoms with Gasteiger partial charge in [0.15, 0.2) is 0 Å². The number of nitrogens with zero attached hydrogens (tertiary/aromatic N) is 1. The van der Waals surface area contributed by atoms with E-state index in [4.69, 9.17) is 4.74 Å². The standard InChI is InChI=1S/C17H15NO2/c1-20-14-6-7-17(19)13(11-14)10-12-8-9-18-16-5-3-2-4-15(12)16/h2-9,11,19H,10H2,1H3. The molecule has 0 saturated heterocycles. The SMILES string of the molecule is COc1ccc(O)c(Cc2ccnc3ccccc23)c1. The summed E-state index contributed by atoms with van der Waals surface area (Å²) in [6.07, 6.45) is 2.45. The molecule has 3 aromatic rings. The Labute approximate surface area is 117 Å². The van der Waals surface area contributed by atoms with E-state index in [1.807, 2.05) is 30.3 Å². The molecular weight excluding hydrogens is 250 g/mol. The Morgan fingerprint density at radius 2 is 1.90 bits per heavy atom. The number of rotatable bonds is 3. The molecule has 0 bridgehead atoms. The summed E-state index contributed by atoms with van der Waals surface area (Å²) >= 11 is 0. The highest BCUT2D eigenvalue weighted by molar-refractivity contribution is 5.82. The normalized spacial score (nSPS) is 10.7. The van der Waals surface area contributed by atoms with Crippen LogP contribution in [0.15, 0.2) is 54.7 Å². The smallest absolute Gasteiger partial charge is 0.119 e. The van der Waals surface area contributed by atoms with Crippen molar-refractivity contribution in [3.05, 3.63) is 65.9 Å². The fourth-order valence-electron chi connectivity index (χ4n) is 2.34. The molecular formula is C17H15NO2. The minimum Gasteiger partial charge on any atom is -0.508 e. The van der Waals surface area contributed by atoms with Crippen LogP contribution >= 0.6 is 0 Å². The second-order valence-corrected chi connectivity index (χ2v) is 4.66. The number of phenolic OH excluding ortho intramolecular Hbond substituents is 1. The molecule has 0 saturated carbocycles. The lowest BCUT2D eigenvalue weighted by Gasteiger charge is -2.09. The van der Waals surface area contributed by atoms with Gasteiger partial charge in [0.2, 0.25) is 0 Å². The highest BCUT2D eigenvalue weighted by Gasteiger charge is 2.07. The number of pyridine rings is 1. The molecule has 0 aliphatic heterocycles. The molecule has 0 aliphatic rings. The van der Waals surface area contributed by atoms with Gasteiger partial charge in [-0.15, -0.1) is 0 Å². The molecule has 0 radical (unpaired) electrons. The first kappa shape index (κ1) is 12.5. The third kappa shape index (κ3) is 2.30. The van der Waals surface area contributed by atoms with E-state index in [1.54, 1.807) is 25.4 Å². The minimum atomic E-state index is 0.284. The molecule has 1 heterocycles. The largest absolute Gasteiger partial charge is 0.508 e. The van der Waals surface area contributed by atoms with Crippen molar-refractivity contribution in [3.8, 4) is 11.5 Å². The van der Waals surface area contributed by atoms with Crippen LogP contribution < -0.4 is 4.74 Å². The van der Waals surface area contributed by atoms with E-state index in [0.29, 0.717) is 6.42 Å². The van der Waals surface area contributed by atoms with Gasteiger partial charge in [-0.2, -0.15) is 0 Å². The first-order valence-corrected chi connectivity index (χ1v) is 6.46. The number of benzene rings is 2. The van der Waals surface area contributed by atoms with Crippen LogP contribution in [-0.4, -0.2) is 17.2 Å². The average molecular weight is 265 g/mol. The van der Waals surface area contributed by atoms with Crippen LogP contribution in [0.4, 0.5) is 0 Å². The third-order valence-electron chi connectivity index (χ3n) is 3.41. The van der Waals surface area contributed by atoms with Gasteiger partial charge in [0.25, 0.3) is 0 Å². The summed E-state index contributed by atoms with van der Waals surface area (Å²) in [6, 6.07) is 15.3. The van der Waals surface area contributed by atoms with Crippen LogP contribution in [0, 0.1) is 0 Å². The highest BCUT2D eigenvalue weighted by Crippen LogP contribution is 2.27. The molecule has 0 aliphatic carbocycles. The van der Waals surface area contributed by atoms with Gasteiger partial charge in [-0.3, -0.25) is 4.98 Å². The van der Waals surface area contributed by atoms with Crippen LogP contribution in [0.3, 0.4) is 0 Å². The summed E-state index contributed by atoms with van der Waals surface area (Å²) in [5.41, 5.74) is 2.95. The first-order valence-electron chi connectivity index (χ1n) is 6.46. The molecule has 3 nitrogen and oxygen atoms in total. The Morgan fingerprint density at radius 3 is 2.75 bits per heavy atom. The Kier molecular flexibility index (Phi) is 3.25. The minimum absolute atomic E-state index is 0.284. The number of methoxy groups -OCH3 is 1. The number of phenols is 1. The van der Waals surface area contributed by atoms with E-state index in [9.17, 15) is 5.11 Å².